The van der Waals surface area contributed by atoms with Crippen LogP contribution in [-0.4, -0.2) is 13.2 Å². The summed E-state index contributed by atoms with van der Waals surface area (Å²) in [6.45, 7) is 4.53. The SMILES string of the molecule is CCCCCC(CCCCC)Nc1cccc(OC)c1. The molecule has 0 radical (unpaired) electrons. The van der Waals surface area contributed by atoms with Crippen LogP contribution in [0.3, 0.4) is 0 Å². The molecule has 114 valence electrons. The minimum Gasteiger partial charge on any atom is -0.497 e. The first-order chi connectivity index (χ1) is 9.80. The van der Waals surface area contributed by atoms with Crippen molar-refractivity contribution in [3.63, 3.8) is 0 Å². The second-order valence-corrected chi connectivity index (χ2v) is 5.56. The summed E-state index contributed by atoms with van der Waals surface area (Å²) in [6, 6.07) is 8.87. The number of unbranched alkanes of at least 4 members (excludes halogenated alkanes) is 4. The number of nitrogens with one attached hydrogen (secondary N) is 1. The van der Waals surface area contributed by atoms with Crippen LogP contribution < -0.4 is 10.1 Å². The summed E-state index contributed by atoms with van der Waals surface area (Å²) in [6.07, 6.45) is 10.5. The molecule has 0 aliphatic heterocycles. The van der Waals surface area contributed by atoms with Crippen molar-refractivity contribution in [3.05, 3.63) is 24.3 Å². The van der Waals surface area contributed by atoms with E-state index in [0.717, 1.165) is 5.75 Å². The van der Waals surface area contributed by atoms with Crippen LogP contribution in [-0.2, 0) is 0 Å². The molecule has 0 aliphatic rings. The first-order valence-corrected chi connectivity index (χ1v) is 8.20. The molecule has 1 aromatic rings. The van der Waals surface area contributed by atoms with Gasteiger partial charge in [0, 0.05) is 17.8 Å². The van der Waals surface area contributed by atoms with Gasteiger partial charge in [-0.3, -0.25) is 0 Å². The minimum absolute atomic E-state index is 0.597. The molecular formula is C18H31NO. The summed E-state index contributed by atoms with van der Waals surface area (Å²) in [5, 5.41) is 3.69. The van der Waals surface area contributed by atoms with E-state index in [9.17, 15) is 0 Å². The van der Waals surface area contributed by atoms with E-state index in [1.807, 2.05) is 6.07 Å². The van der Waals surface area contributed by atoms with Gasteiger partial charge in [-0.15, -0.1) is 0 Å². The van der Waals surface area contributed by atoms with Crippen LogP contribution in [0.4, 0.5) is 5.69 Å². The standard InChI is InChI=1S/C18H31NO/c1-4-6-8-11-16(12-9-7-5-2)19-17-13-10-14-18(15-17)20-3/h10,13-16,19H,4-9,11-12H2,1-3H3. The largest absolute Gasteiger partial charge is 0.497 e. The molecule has 0 heterocycles. The average Bonchev–Trinajstić information content (AvgIpc) is 2.47. The fraction of sp³-hybridized carbons (Fsp3) is 0.667. The fourth-order valence-electron chi connectivity index (χ4n) is 2.52. The van der Waals surface area contributed by atoms with Crippen LogP contribution in [0.1, 0.15) is 65.2 Å². The van der Waals surface area contributed by atoms with E-state index in [4.69, 9.17) is 4.74 Å². The van der Waals surface area contributed by atoms with E-state index in [2.05, 4.69) is 37.4 Å². The maximum atomic E-state index is 5.29. The molecule has 0 spiro atoms. The number of ether oxygens (including phenoxy) is 1. The lowest BCUT2D eigenvalue weighted by atomic mass is 10.0. The lowest BCUT2D eigenvalue weighted by Gasteiger charge is -2.20. The molecule has 0 fully saturated rings. The molecule has 1 aromatic carbocycles. The quantitative estimate of drug-likeness (QED) is 0.529. The molecule has 0 saturated carbocycles. The Morgan fingerprint density at radius 3 is 2.20 bits per heavy atom. The Morgan fingerprint density at radius 2 is 1.65 bits per heavy atom. The molecule has 1 N–H and O–H groups in total. The third kappa shape index (κ3) is 6.83. The lowest BCUT2D eigenvalue weighted by molar-refractivity contribution is 0.415. The highest BCUT2D eigenvalue weighted by molar-refractivity contribution is 5.48. The number of anilines is 1. The normalized spacial score (nSPS) is 10.8. The van der Waals surface area contributed by atoms with Gasteiger partial charge in [0.1, 0.15) is 5.75 Å². The van der Waals surface area contributed by atoms with Crippen molar-refractivity contribution in [2.45, 2.75) is 71.3 Å². The zero-order valence-corrected chi connectivity index (χ0v) is 13.5. The third-order valence-corrected chi connectivity index (χ3v) is 3.75. The molecular weight excluding hydrogens is 246 g/mol. The van der Waals surface area contributed by atoms with Gasteiger partial charge >= 0.3 is 0 Å². The van der Waals surface area contributed by atoms with Gasteiger partial charge in [-0.05, 0) is 25.0 Å². The highest BCUT2D eigenvalue weighted by atomic mass is 16.5. The molecule has 1 rings (SSSR count). The summed E-state index contributed by atoms with van der Waals surface area (Å²) < 4.78 is 5.29. The molecule has 0 saturated heterocycles. The van der Waals surface area contributed by atoms with E-state index in [-0.39, 0.29) is 0 Å². The molecule has 20 heavy (non-hydrogen) atoms. The van der Waals surface area contributed by atoms with Gasteiger partial charge in [0.25, 0.3) is 0 Å². The van der Waals surface area contributed by atoms with Crippen molar-refractivity contribution >= 4 is 5.69 Å². The highest BCUT2D eigenvalue weighted by Crippen LogP contribution is 2.21. The molecule has 2 nitrogen and oxygen atoms in total. The Balaban J connectivity index is 2.51. The van der Waals surface area contributed by atoms with E-state index < -0.39 is 0 Å². The van der Waals surface area contributed by atoms with Crippen LogP contribution in [0.25, 0.3) is 0 Å². The van der Waals surface area contributed by atoms with Crippen molar-refractivity contribution in [2.24, 2.45) is 0 Å². The van der Waals surface area contributed by atoms with Gasteiger partial charge in [0.2, 0.25) is 0 Å². The second-order valence-electron chi connectivity index (χ2n) is 5.56. The van der Waals surface area contributed by atoms with Crippen molar-refractivity contribution in [1.29, 1.82) is 0 Å². The van der Waals surface area contributed by atoms with Crippen molar-refractivity contribution in [2.75, 3.05) is 12.4 Å². The van der Waals surface area contributed by atoms with E-state index in [1.165, 1.54) is 57.1 Å². The molecule has 2 heteroatoms. The predicted octanol–water partition coefficient (Wildman–Crippen LogP) is 5.64. The molecule has 0 amide bonds. The monoisotopic (exact) mass is 277 g/mol. The van der Waals surface area contributed by atoms with Crippen molar-refractivity contribution in [3.8, 4) is 5.75 Å². The summed E-state index contributed by atoms with van der Waals surface area (Å²) in [4.78, 5) is 0. The molecule has 0 bridgehead atoms. The molecule has 0 aromatic heterocycles. The Hall–Kier alpha value is -1.18. The summed E-state index contributed by atoms with van der Waals surface area (Å²) in [7, 11) is 1.72. The first kappa shape index (κ1) is 16.9. The van der Waals surface area contributed by atoms with E-state index in [0.29, 0.717) is 6.04 Å². The second kappa shape index (κ2) is 10.6. The number of benzene rings is 1. The van der Waals surface area contributed by atoms with Gasteiger partial charge in [0.05, 0.1) is 7.11 Å². The maximum Gasteiger partial charge on any atom is 0.120 e. The van der Waals surface area contributed by atoms with Crippen molar-refractivity contribution < 1.29 is 4.74 Å². The maximum absolute atomic E-state index is 5.29. The molecule has 0 unspecified atom stereocenters. The smallest absolute Gasteiger partial charge is 0.120 e. The highest BCUT2D eigenvalue weighted by Gasteiger charge is 2.08. The first-order valence-electron chi connectivity index (χ1n) is 8.20. The minimum atomic E-state index is 0.597. The number of hydrogen-bond donors (Lipinski definition) is 1. The van der Waals surface area contributed by atoms with Crippen LogP contribution >= 0.6 is 0 Å². The van der Waals surface area contributed by atoms with Crippen LogP contribution in [0.15, 0.2) is 24.3 Å². The van der Waals surface area contributed by atoms with Gasteiger partial charge in [0.15, 0.2) is 0 Å². The Morgan fingerprint density at radius 1 is 1.00 bits per heavy atom. The van der Waals surface area contributed by atoms with Gasteiger partial charge in [-0.1, -0.05) is 58.4 Å². The van der Waals surface area contributed by atoms with Crippen molar-refractivity contribution in [1.82, 2.24) is 0 Å². The Bertz CT molecular complexity index is 341. The topological polar surface area (TPSA) is 21.3 Å². The predicted molar refractivity (Wildman–Crippen MR) is 88.7 cm³/mol. The average molecular weight is 277 g/mol. The third-order valence-electron chi connectivity index (χ3n) is 3.75. The Labute approximate surface area is 124 Å². The molecule has 0 atom stereocenters. The van der Waals surface area contributed by atoms with Crippen LogP contribution in [0.5, 0.6) is 5.75 Å². The van der Waals surface area contributed by atoms with Crippen LogP contribution in [0, 0.1) is 0 Å². The summed E-state index contributed by atoms with van der Waals surface area (Å²) in [5.41, 5.74) is 1.18. The summed E-state index contributed by atoms with van der Waals surface area (Å²) >= 11 is 0. The zero-order valence-electron chi connectivity index (χ0n) is 13.5. The number of rotatable bonds is 11. The Kier molecular flexibility index (Phi) is 8.93. The molecule has 0 aliphatic carbocycles. The fourth-order valence-corrected chi connectivity index (χ4v) is 2.52. The van der Waals surface area contributed by atoms with Crippen LogP contribution in [0.2, 0.25) is 0 Å². The van der Waals surface area contributed by atoms with E-state index in [1.54, 1.807) is 7.11 Å². The summed E-state index contributed by atoms with van der Waals surface area (Å²) in [5.74, 6) is 0.927. The van der Waals surface area contributed by atoms with Gasteiger partial charge in [-0.25, -0.2) is 0 Å². The number of hydrogen-bond acceptors (Lipinski definition) is 2. The number of methoxy groups -OCH3 is 1. The lowest BCUT2D eigenvalue weighted by Crippen LogP contribution is -2.19. The van der Waals surface area contributed by atoms with Gasteiger partial charge in [-0.2, -0.15) is 0 Å². The van der Waals surface area contributed by atoms with E-state index >= 15 is 0 Å². The zero-order chi connectivity index (χ0) is 14.6. The van der Waals surface area contributed by atoms with Gasteiger partial charge < -0.3 is 10.1 Å².